The third-order valence-corrected chi connectivity index (χ3v) is 8.45. The fourth-order valence-electron chi connectivity index (χ4n) is 4.97. The number of aromatic amines is 1. The number of nitrogens with one attached hydrogen (secondary N) is 3. The molecule has 0 spiro atoms. The molecule has 0 bridgehead atoms. The summed E-state index contributed by atoms with van der Waals surface area (Å²) in [5, 5.41) is 4.68. The van der Waals surface area contributed by atoms with Gasteiger partial charge in [-0.15, -0.1) is 0 Å². The Morgan fingerprint density at radius 3 is 2.30 bits per heavy atom. The lowest BCUT2D eigenvalue weighted by Gasteiger charge is -2.18. The van der Waals surface area contributed by atoms with Gasteiger partial charge in [-0.1, -0.05) is 24.3 Å². The van der Waals surface area contributed by atoms with E-state index in [0.29, 0.717) is 28.4 Å². The molecule has 0 fully saturated rings. The number of ether oxygens (including phenoxy) is 1. The zero-order valence-electron chi connectivity index (χ0n) is 23.1. The maximum atomic E-state index is 13.0. The van der Waals surface area contributed by atoms with Crippen molar-refractivity contribution in [3.8, 4) is 33.9 Å². The molecule has 0 unspecified atom stereocenters. The first kappa shape index (κ1) is 27.6. The van der Waals surface area contributed by atoms with Crippen molar-refractivity contribution in [2.45, 2.75) is 4.90 Å². The van der Waals surface area contributed by atoms with Crippen molar-refractivity contribution < 1.29 is 17.6 Å². The number of hydrogen-bond acceptors (Lipinski definition) is 7. The van der Waals surface area contributed by atoms with Crippen molar-refractivity contribution in [2.24, 2.45) is 0 Å². The van der Waals surface area contributed by atoms with Gasteiger partial charge in [0, 0.05) is 30.7 Å². The fourth-order valence-corrected chi connectivity index (χ4v) is 6.02. The molecule has 43 heavy (non-hydrogen) atoms. The van der Waals surface area contributed by atoms with Crippen LogP contribution in [0.1, 0.15) is 0 Å². The van der Waals surface area contributed by atoms with Gasteiger partial charge in [0.05, 0.1) is 29.5 Å². The third-order valence-electron chi connectivity index (χ3n) is 7.05. The molecule has 0 saturated heterocycles. The topological polar surface area (TPSA) is 135 Å². The van der Waals surface area contributed by atoms with Gasteiger partial charge in [-0.05, 0) is 82.6 Å². The van der Waals surface area contributed by atoms with Gasteiger partial charge in [0.15, 0.2) is 5.75 Å². The van der Waals surface area contributed by atoms with Crippen LogP contribution in [-0.2, 0) is 10.0 Å². The summed E-state index contributed by atoms with van der Waals surface area (Å²) in [7, 11) is -0.504. The molecule has 216 valence electrons. The Labute approximate surface area is 246 Å². The molecule has 4 aromatic carbocycles. The molecule has 3 N–H and O–H groups in total. The van der Waals surface area contributed by atoms with Gasteiger partial charge in [-0.25, -0.2) is 13.2 Å². The van der Waals surface area contributed by atoms with Crippen molar-refractivity contribution in [3.63, 3.8) is 0 Å². The van der Waals surface area contributed by atoms with Crippen LogP contribution in [0.2, 0.25) is 0 Å². The molecule has 2 heterocycles. The van der Waals surface area contributed by atoms with Crippen molar-refractivity contribution in [1.82, 2.24) is 9.55 Å². The number of nitrogens with zero attached hydrogens (tertiary/aromatic N) is 1. The SMILES string of the molecule is CNc1ccc(S(=O)(=O)Nc2ccc3cc(-c4ccc(-n5ccc(=O)[nH]c5=O)c(OC)c4-c4ccco4)ccc3c2)cc1. The van der Waals surface area contributed by atoms with E-state index in [-0.39, 0.29) is 4.90 Å². The normalized spacial score (nSPS) is 11.4. The first-order valence-electron chi connectivity index (χ1n) is 13.2. The van der Waals surface area contributed by atoms with Crippen LogP contribution >= 0.6 is 0 Å². The highest BCUT2D eigenvalue weighted by molar-refractivity contribution is 7.92. The minimum Gasteiger partial charge on any atom is -0.494 e. The van der Waals surface area contributed by atoms with Gasteiger partial charge in [0.2, 0.25) is 0 Å². The molecule has 0 amide bonds. The van der Waals surface area contributed by atoms with Crippen LogP contribution in [0, 0.1) is 0 Å². The minimum absolute atomic E-state index is 0.161. The van der Waals surface area contributed by atoms with Gasteiger partial charge < -0.3 is 14.5 Å². The average Bonchev–Trinajstić information content (AvgIpc) is 3.55. The van der Waals surface area contributed by atoms with E-state index in [0.717, 1.165) is 27.6 Å². The molecule has 6 rings (SSSR count). The van der Waals surface area contributed by atoms with Crippen molar-refractivity contribution >= 4 is 32.2 Å². The number of benzene rings is 4. The molecule has 0 saturated carbocycles. The highest BCUT2D eigenvalue weighted by Gasteiger charge is 2.21. The largest absolute Gasteiger partial charge is 0.494 e. The van der Waals surface area contributed by atoms with E-state index < -0.39 is 21.3 Å². The van der Waals surface area contributed by atoms with Crippen LogP contribution in [0.15, 0.2) is 122 Å². The summed E-state index contributed by atoms with van der Waals surface area (Å²) >= 11 is 0. The number of H-pyrrole nitrogens is 1. The monoisotopic (exact) mass is 594 g/mol. The Kier molecular flexibility index (Phi) is 7.08. The van der Waals surface area contributed by atoms with Gasteiger partial charge in [0.1, 0.15) is 5.76 Å². The Balaban J connectivity index is 1.41. The van der Waals surface area contributed by atoms with Gasteiger partial charge in [0.25, 0.3) is 15.6 Å². The molecule has 0 atom stereocenters. The molecular formula is C32H26N4O6S. The summed E-state index contributed by atoms with van der Waals surface area (Å²) in [6, 6.07) is 26.1. The van der Waals surface area contributed by atoms with E-state index >= 15 is 0 Å². The van der Waals surface area contributed by atoms with Crippen LogP contribution in [0.5, 0.6) is 5.75 Å². The molecule has 0 radical (unpaired) electrons. The second-order valence-electron chi connectivity index (χ2n) is 9.65. The average molecular weight is 595 g/mol. The fraction of sp³-hybridized carbons (Fsp3) is 0.0625. The molecule has 0 aliphatic rings. The highest BCUT2D eigenvalue weighted by Crippen LogP contribution is 2.43. The van der Waals surface area contributed by atoms with E-state index in [4.69, 9.17) is 9.15 Å². The van der Waals surface area contributed by atoms with E-state index in [1.54, 1.807) is 67.9 Å². The number of aromatic nitrogens is 2. The predicted molar refractivity (Wildman–Crippen MR) is 167 cm³/mol. The number of anilines is 2. The van der Waals surface area contributed by atoms with E-state index in [2.05, 4.69) is 15.0 Å². The number of methoxy groups -OCH3 is 1. The van der Waals surface area contributed by atoms with E-state index in [1.807, 2.05) is 30.3 Å². The Morgan fingerprint density at radius 2 is 1.60 bits per heavy atom. The summed E-state index contributed by atoms with van der Waals surface area (Å²) < 4.78 is 41.5. The Morgan fingerprint density at radius 1 is 0.860 bits per heavy atom. The second kappa shape index (κ2) is 11.0. The maximum Gasteiger partial charge on any atom is 0.333 e. The van der Waals surface area contributed by atoms with Gasteiger partial charge in [-0.3, -0.25) is 19.1 Å². The third kappa shape index (κ3) is 5.29. The zero-order chi connectivity index (χ0) is 30.1. The molecule has 2 aromatic heterocycles. The van der Waals surface area contributed by atoms with Gasteiger partial charge in [-0.2, -0.15) is 0 Å². The predicted octanol–water partition coefficient (Wildman–Crippen LogP) is 5.46. The number of hydrogen-bond donors (Lipinski definition) is 3. The number of fused-ring (bicyclic) bond motifs is 1. The van der Waals surface area contributed by atoms with Gasteiger partial charge >= 0.3 is 5.69 Å². The number of sulfonamides is 1. The lowest BCUT2D eigenvalue weighted by molar-refractivity contribution is 0.412. The number of furan rings is 1. The standard InChI is InChI=1S/C32H26N4O6S/c1-33-23-9-11-25(12-10-23)43(39,40)35-24-8-7-20-18-22(6-5-21(20)19-24)26-13-14-27(36-16-15-29(37)34-32(36)38)31(41-2)30(26)28-4-3-17-42-28/h3-19,33,35H,1-2H3,(H,34,37,38). The smallest absolute Gasteiger partial charge is 0.333 e. The molecule has 0 aliphatic carbocycles. The summed E-state index contributed by atoms with van der Waals surface area (Å²) in [6.45, 7) is 0. The number of rotatable bonds is 8. The Hall–Kier alpha value is -5.55. The van der Waals surface area contributed by atoms with Crippen LogP contribution < -0.4 is 26.0 Å². The van der Waals surface area contributed by atoms with Crippen LogP contribution in [0.3, 0.4) is 0 Å². The Bertz CT molecular complexity index is 2190. The maximum absolute atomic E-state index is 13.0. The van der Waals surface area contributed by atoms with Crippen molar-refractivity contribution in [3.05, 3.63) is 124 Å². The quantitative estimate of drug-likeness (QED) is 0.213. The molecule has 6 aromatic rings. The second-order valence-corrected chi connectivity index (χ2v) is 11.3. The summed E-state index contributed by atoms with van der Waals surface area (Å²) in [4.78, 5) is 26.7. The first-order valence-corrected chi connectivity index (χ1v) is 14.7. The highest BCUT2D eigenvalue weighted by atomic mass is 32.2. The van der Waals surface area contributed by atoms with E-state index in [1.165, 1.54) is 23.9 Å². The lowest BCUT2D eigenvalue weighted by atomic mass is 9.94. The first-order chi connectivity index (χ1) is 20.8. The van der Waals surface area contributed by atoms with Crippen LogP contribution in [-0.4, -0.2) is 32.1 Å². The van der Waals surface area contributed by atoms with Crippen molar-refractivity contribution in [2.75, 3.05) is 24.2 Å². The zero-order valence-corrected chi connectivity index (χ0v) is 23.9. The minimum atomic E-state index is -3.77. The summed E-state index contributed by atoms with van der Waals surface area (Å²) in [6.07, 6.45) is 2.94. The molecule has 10 nitrogen and oxygen atoms in total. The molecular weight excluding hydrogens is 568 g/mol. The van der Waals surface area contributed by atoms with Crippen LogP contribution in [0.4, 0.5) is 11.4 Å². The summed E-state index contributed by atoms with van der Waals surface area (Å²) in [5.41, 5.74) is 2.82. The summed E-state index contributed by atoms with van der Waals surface area (Å²) in [5.74, 6) is 0.910. The molecule has 11 heteroatoms. The van der Waals surface area contributed by atoms with Crippen LogP contribution in [0.25, 0.3) is 38.9 Å². The van der Waals surface area contributed by atoms with Crippen molar-refractivity contribution in [1.29, 1.82) is 0 Å². The lowest BCUT2D eigenvalue weighted by Crippen LogP contribution is -2.27. The van der Waals surface area contributed by atoms with E-state index in [9.17, 15) is 18.0 Å². The molecule has 0 aliphatic heterocycles.